The van der Waals surface area contributed by atoms with E-state index in [-0.39, 0.29) is 38.3 Å². The summed E-state index contributed by atoms with van der Waals surface area (Å²) in [5.74, 6) is -5.36. The first kappa shape index (κ1) is 33.5. The van der Waals surface area contributed by atoms with Crippen LogP contribution in [0.2, 0.25) is 0 Å². The standard InChI is InChI=1S/C27H33N3O12/c31-19-3-7-21(8-4-19)42-20-5-1-18(2-6-20)13-22(27(40)41)30(11-9-28(14-23(32)33)15-24(34)35)12-10-29(16-25(36)37)17-26(38)39/h1-8,22,31H,9-17H2,(H,32,33)(H,34,35)(H,36,37)(H,38,39)(H,40,41)/t22-/m0/s1. The quantitative estimate of drug-likeness (QED) is 0.123. The lowest BCUT2D eigenvalue weighted by Crippen LogP contribution is -2.50. The van der Waals surface area contributed by atoms with E-state index in [0.717, 1.165) is 9.80 Å². The van der Waals surface area contributed by atoms with E-state index < -0.39 is 62.1 Å². The monoisotopic (exact) mass is 591 g/mol. The summed E-state index contributed by atoms with van der Waals surface area (Å²) in [4.78, 5) is 60.9. The van der Waals surface area contributed by atoms with E-state index in [4.69, 9.17) is 25.2 Å². The van der Waals surface area contributed by atoms with E-state index in [1.807, 2.05) is 0 Å². The van der Waals surface area contributed by atoms with Crippen LogP contribution in [0.3, 0.4) is 0 Å². The molecule has 2 aromatic rings. The number of phenols is 1. The maximum Gasteiger partial charge on any atom is 0.321 e. The van der Waals surface area contributed by atoms with E-state index in [1.165, 1.54) is 17.0 Å². The van der Waals surface area contributed by atoms with Gasteiger partial charge in [0.05, 0.1) is 26.2 Å². The van der Waals surface area contributed by atoms with Gasteiger partial charge in [0, 0.05) is 26.2 Å². The summed E-state index contributed by atoms with van der Waals surface area (Å²) >= 11 is 0. The van der Waals surface area contributed by atoms with Crippen LogP contribution in [0.5, 0.6) is 17.2 Å². The number of aliphatic carboxylic acids is 5. The minimum atomic E-state index is -1.28. The van der Waals surface area contributed by atoms with Gasteiger partial charge >= 0.3 is 29.8 Å². The summed E-state index contributed by atoms with van der Waals surface area (Å²) in [7, 11) is 0. The Morgan fingerprint density at radius 2 is 0.976 bits per heavy atom. The van der Waals surface area contributed by atoms with E-state index in [9.17, 15) is 34.2 Å². The Bertz CT molecular complexity index is 1150. The van der Waals surface area contributed by atoms with Gasteiger partial charge in [-0.15, -0.1) is 0 Å². The number of hydrogen-bond acceptors (Lipinski definition) is 10. The molecule has 1 atom stereocenters. The van der Waals surface area contributed by atoms with Crippen molar-refractivity contribution in [1.29, 1.82) is 0 Å². The van der Waals surface area contributed by atoms with Gasteiger partial charge in [-0.1, -0.05) is 12.1 Å². The molecule has 42 heavy (non-hydrogen) atoms. The average molecular weight is 592 g/mol. The molecular formula is C27H33N3O12. The molecule has 0 aliphatic heterocycles. The van der Waals surface area contributed by atoms with Crippen LogP contribution in [-0.2, 0) is 30.4 Å². The molecule has 0 bridgehead atoms. The molecule has 15 nitrogen and oxygen atoms in total. The number of aromatic hydroxyl groups is 1. The van der Waals surface area contributed by atoms with Gasteiger partial charge in [0.1, 0.15) is 23.3 Å². The van der Waals surface area contributed by atoms with Crippen molar-refractivity contribution in [2.75, 3.05) is 52.4 Å². The zero-order valence-corrected chi connectivity index (χ0v) is 22.5. The van der Waals surface area contributed by atoms with Gasteiger partial charge in [-0.2, -0.15) is 0 Å². The predicted octanol–water partition coefficient (Wildman–Crippen LogP) is 0.425. The van der Waals surface area contributed by atoms with Crippen molar-refractivity contribution in [2.45, 2.75) is 12.5 Å². The van der Waals surface area contributed by atoms with Crippen molar-refractivity contribution in [3.8, 4) is 17.2 Å². The fourth-order valence-corrected chi connectivity index (χ4v) is 4.10. The van der Waals surface area contributed by atoms with E-state index in [1.54, 1.807) is 36.4 Å². The molecule has 2 aromatic carbocycles. The molecule has 0 saturated heterocycles. The lowest BCUT2D eigenvalue weighted by molar-refractivity contribution is -0.146. The van der Waals surface area contributed by atoms with Crippen LogP contribution in [0, 0.1) is 0 Å². The normalized spacial score (nSPS) is 11.9. The smallest absolute Gasteiger partial charge is 0.321 e. The van der Waals surface area contributed by atoms with Gasteiger partial charge in [0.2, 0.25) is 0 Å². The molecule has 0 radical (unpaired) electrons. The van der Waals surface area contributed by atoms with Crippen LogP contribution in [0.1, 0.15) is 5.56 Å². The molecule has 6 N–H and O–H groups in total. The lowest BCUT2D eigenvalue weighted by Gasteiger charge is -2.32. The van der Waals surface area contributed by atoms with Crippen LogP contribution < -0.4 is 4.74 Å². The molecule has 0 saturated carbocycles. The third-order valence-corrected chi connectivity index (χ3v) is 5.99. The molecule has 0 aliphatic rings. The number of carboxylic acids is 5. The summed E-state index contributed by atoms with van der Waals surface area (Å²) in [5, 5.41) is 56.1. The first-order valence-corrected chi connectivity index (χ1v) is 12.7. The van der Waals surface area contributed by atoms with Crippen molar-refractivity contribution in [3.05, 3.63) is 54.1 Å². The molecule has 2 rings (SSSR count). The molecular weight excluding hydrogens is 558 g/mol. The van der Waals surface area contributed by atoms with E-state index in [2.05, 4.69) is 0 Å². The summed E-state index contributed by atoms with van der Waals surface area (Å²) in [6.07, 6.45) is -0.0372. The Balaban J connectivity index is 2.25. The highest BCUT2D eigenvalue weighted by Crippen LogP contribution is 2.24. The number of phenolic OH excluding ortho intramolecular Hbond substituents is 1. The molecule has 0 heterocycles. The van der Waals surface area contributed by atoms with Crippen LogP contribution in [-0.4, -0.2) is 134 Å². The second kappa shape index (κ2) is 16.5. The number of ether oxygens (including phenoxy) is 1. The van der Waals surface area contributed by atoms with Crippen molar-refractivity contribution < 1.29 is 59.3 Å². The zero-order chi connectivity index (χ0) is 31.2. The minimum absolute atomic E-state index is 0.0372. The summed E-state index contributed by atoms with van der Waals surface area (Å²) in [6.45, 7) is -2.91. The molecule has 0 aromatic heterocycles. The van der Waals surface area contributed by atoms with E-state index >= 15 is 0 Å². The first-order chi connectivity index (χ1) is 19.8. The van der Waals surface area contributed by atoms with Gasteiger partial charge < -0.3 is 35.4 Å². The molecule has 0 fully saturated rings. The fourth-order valence-electron chi connectivity index (χ4n) is 4.10. The lowest BCUT2D eigenvalue weighted by atomic mass is 10.0. The Morgan fingerprint density at radius 3 is 1.33 bits per heavy atom. The Morgan fingerprint density at radius 1 is 0.595 bits per heavy atom. The van der Waals surface area contributed by atoms with Gasteiger partial charge in [0.25, 0.3) is 0 Å². The largest absolute Gasteiger partial charge is 0.508 e. The predicted molar refractivity (Wildman–Crippen MR) is 145 cm³/mol. The highest BCUT2D eigenvalue weighted by atomic mass is 16.5. The Hall–Kier alpha value is -4.73. The highest BCUT2D eigenvalue weighted by Gasteiger charge is 2.28. The van der Waals surface area contributed by atoms with Crippen LogP contribution in [0.25, 0.3) is 0 Å². The van der Waals surface area contributed by atoms with E-state index in [0.29, 0.717) is 17.1 Å². The van der Waals surface area contributed by atoms with Crippen LogP contribution in [0.4, 0.5) is 0 Å². The number of carboxylic acid groups (broad SMARTS) is 5. The number of nitrogens with zero attached hydrogens (tertiary/aromatic N) is 3. The van der Waals surface area contributed by atoms with Crippen molar-refractivity contribution in [1.82, 2.24) is 14.7 Å². The van der Waals surface area contributed by atoms with Crippen molar-refractivity contribution >= 4 is 29.8 Å². The first-order valence-electron chi connectivity index (χ1n) is 12.7. The third-order valence-electron chi connectivity index (χ3n) is 5.99. The minimum Gasteiger partial charge on any atom is -0.508 e. The highest BCUT2D eigenvalue weighted by molar-refractivity contribution is 5.74. The Labute approximate surface area is 240 Å². The summed E-state index contributed by atoms with van der Waals surface area (Å²) in [6, 6.07) is 11.4. The van der Waals surface area contributed by atoms with Gasteiger partial charge in [-0.05, 0) is 48.4 Å². The SMILES string of the molecule is O=C(O)CN(CCN(CCN(CC(=O)O)CC(=O)O)[C@@H](Cc1ccc(Oc2ccc(O)cc2)cc1)C(=O)O)CC(=O)O. The van der Waals surface area contributed by atoms with Crippen LogP contribution in [0.15, 0.2) is 48.5 Å². The third kappa shape index (κ3) is 12.6. The molecule has 0 aliphatic carbocycles. The fraction of sp³-hybridized carbons (Fsp3) is 0.370. The molecule has 0 spiro atoms. The molecule has 228 valence electrons. The maximum atomic E-state index is 12.4. The molecule has 0 unspecified atom stereocenters. The second-order valence-electron chi connectivity index (χ2n) is 9.33. The summed E-state index contributed by atoms with van der Waals surface area (Å²) in [5.41, 5.74) is 0.589. The number of carbonyl (C=O) groups is 5. The number of rotatable bonds is 20. The van der Waals surface area contributed by atoms with Gasteiger partial charge in [-0.3, -0.25) is 38.7 Å². The Kier molecular flexibility index (Phi) is 13.2. The average Bonchev–Trinajstić information content (AvgIpc) is 2.88. The molecule has 0 amide bonds. The van der Waals surface area contributed by atoms with Crippen LogP contribution >= 0.6 is 0 Å². The maximum absolute atomic E-state index is 12.4. The summed E-state index contributed by atoms with van der Waals surface area (Å²) < 4.78 is 5.70. The topological polar surface area (TPSA) is 226 Å². The second-order valence-corrected chi connectivity index (χ2v) is 9.33. The zero-order valence-electron chi connectivity index (χ0n) is 22.5. The number of hydrogen-bond donors (Lipinski definition) is 6. The molecule has 15 heteroatoms. The van der Waals surface area contributed by atoms with Crippen molar-refractivity contribution in [2.24, 2.45) is 0 Å². The number of benzene rings is 2. The van der Waals surface area contributed by atoms with Gasteiger partial charge in [-0.25, -0.2) is 0 Å². The van der Waals surface area contributed by atoms with Gasteiger partial charge in [0.15, 0.2) is 0 Å². The van der Waals surface area contributed by atoms with Crippen molar-refractivity contribution in [3.63, 3.8) is 0 Å².